The summed E-state index contributed by atoms with van der Waals surface area (Å²) in [6.45, 7) is 3.06. The molecule has 0 spiro atoms. The van der Waals surface area contributed by atoms with Crippen LogP contribution in [0.4, 0.5) is 8.78 Å². The minimum absolute atomic E-state index is 0.134. The van der Waals surface area contributed by atoms with Gasteiger partial charge in [0, 0.05) is 22.6 Å². The van der Waals surface area contributed by atoms with Crippen molar-refractivity contribution in [3.05, 3.63) is 10.2 Å². The molecule has 42 valence electrons. The van der Waals surface area contributed by atoms with Crippen LogP contribution in [0.3, 0.4) is 0 Å². The number of halogens is 4. The van der Waals surface area contributed by atoms with Crippen molar-refractivity contribution in [1.29, 1.82) is 0 Å². The molecule has 0 saturated carbocycles. The minimum atomic E-state index is -2.74. The quantitative estimate of drug-likeness (QED) is 0.512. The standard InChI is InChI=1S/C3H2F2I2/c1-2(6)3(4,5)7/h1H2. The van der Waals surface area contributed by atoms with Gasteiger partial charge in [0.25, 0.3) is 0 Å². The van der Waals surface area contributed by atoms with Crippen molar-refractivity contribution >= 4 is 45.2 Å². The fourth-order valence-corrected chi connectivity index (χ4v) is 0. The average molecular weight is 330 g/mol. The van der Waals surface area contributed by atoms with Crippen LogP contribution in [-0.2, 0) is 0 Å². The third-order valence-corrected chi connectivity index (χ3v) is 2.67. The van der Waals surface area contributed by atoms with Crippen LogP contribution in [0.5, 0.6) is 0 Å². The average Bonchev–Trinajstić information content (AvgIpc) is 1.31. The summed E-state index contributed by atoms with van der Waals surface area (Å²) in [6.07, 6.45) is 0. The molecular weight excluding hydrogens is 328 g/mol. The van der Waals surface area contributed by atoms with Crippen LogP contribution >= 0.6 is 45.2 Å². The van der Waals surface area contributed by atoms with Gasteiger partial charge in [0.1, 0.15) is 0 Å². The molecule has 0 unspecified atom stereocenters. The Morgan fingerprint density at radius 2 is 1.71 bits per heavy atom. The summed E-state index contributed by atoms with van der Waals surface area (Å²) >= 11 is 2.52. The maximum atomic E-state index is 11.7. The monoisotopic (exact) mass is 330 g/mol. The third-order valence-electron chi connectivity index (χ3n) is 0.308. The number of hydrogen-bond donors (Lipinski definition) is 0. The summed E-state index contributed by atoms with van der Waals surface area (Å²) in [5.74, 6) is 0. The molecule has 0 saturated heterocycles. The van der Waals surface area contributed by atoms with Gasteiger partial charge in [-0.1, -0.05) is 6.58 Å². The molecular formula is C3H2F2I2. The molecule has 0 aromatic carbocycles. The van der Waals surface area contributed by atoms with Crippen molar-refractivity contribution < 1.29 is 8.78 Å². The van der Waals surface area contributed by atoms with Gasteiger partial charge in [-0.3, -0.25) is 0 Å². The first kappa shape index (κ1) is 8.06. The summed E-state index contributed by atoms with van der Waals surface area (Å²) in [4.78, 5) is 0. The molecule has 0 amide bonds. The highest BCUT2D eigenvalue weighted by atomic mass is 127. The van der Waals surface area contributed by atoms with E-state index >= 15 is 0 Å². The molecule has 0 aromatic rings. The van der Waals surface area contributed by atoms with Gasteiger partial charge >= 0.3 is 3.93 Å². The molecule has 0 atom stereocenters. The minimum Gasteiger partial charge on any atom is -0.189 e. The van der Waals surface area contributed by atoms with Gasteiger partial charge in [0.15, 0.2) is 0 Å². The smallest absolute Gasteiger partial charge is 0.189 e. The Labute approximate surface area is 67.6 Å². The molecule has 0 fully saturated rings. The van der Waals surface area contributed by atoms with Gasteiger partial charge in [0.2, 0.25) is 0 Å². The van der Waals surface area contributed by atoms with Crippen LogP contribution in [0.1, 0.15) is 0 Å². The van der Waals surface area contributed by atoms with Crippen LogP contribution in [0.25, 0.3) is 0 Å². The maximum absolute atomic E-state index is 11.7. The lowest BCUT2D eigenvalue weighted by atomic mass is 10.7. The molecule has 0 heterocycles. The highest BCUT2D eigenvalue weighted by Gasteiger charge is 2.25. The Balaban J connectivity index is 3.79. The number of alkyl halides is 3. The van der Waals surface area contributed by atoms with Gasteiger partial charge in [-0.05, 0) is 22.6 Å². The lowest BCUT2D eigenvalue weighted by molar-refractivity contribution is 0.182. The highest BCUT2D eigenvalue weighted by molar-refractivity contribution is 14.1. The molecule has 4 heteroatoms. The Morgan fingerprint density at radius 1 is 1.57 bits per heavy atom. The molecule has 0 aromatic heterocycles. The second-order valence-electron chi connectivity index (χ2n) is 0.903. The van der Waals surface area contributed by atoms with E-state index in [1.54, 1.807) is 0 Å². The first-order valence-corrected chi connectivity index (χ1v) is 3.52. The van der Waals surface area contributed by atoms with E-state index in [4.69, 9.17) is 0 Å². The predicted octanol–water partition coefficient (Wildman–Crippen LogP) is 2.96. The molecule has 0 radical (unpaired) electrons. The van der Waals surface area contributed by atoms with E-state index in [-0.39, 0.29) is 3.58 Å². The summed E-state index contributed by atoms with van der Waals surface area (Å²) in [5.41, 5.74) is 0. The molecule has 0 N–H and O–H groups in total. The summed E-state index contributed by atoms with van der Waals surface area (Å²) in [5, 5.41) is 0. The first-order valence-electron chi connectivity index (χ1n) is 1.36. The summed E-state index contributed by atoms with van der Waals surface area (Å²) in [7, 11) is 0. The van der Waals surface area contributed by atoms with E-state index in [9.17, 15) is 8.78 Å². The van der Waals surface area contributed by atoms with Crippen LogP contribution in [0, 0.1) is 0 Å². The van der Waals surface area contributed by atoms with Gasteiger partial charge in [0.05, 0.1) is 3.58 Å². The van der Waals surface area contributed by atoms with Gasteiger partial charge in [-0.15, -0.1) is 0 Å². The molecule has 0 nitrogen and oxygen atoms in total. The number of rotatable bonds is 1. The Kier molecular flexibility index (Phi) is 2.95. The van der Waals surface area contributed by atoms with Crippen molar-refractivity contribution in [2.45, 2.75) is 3.93 Å². The van der Waals surface area contributed by atoms with E-state index in [1.807, 2.05) is 0 Å². The number of hydrogen-bond acceptors (Lipinski definition) is 0. The summed E-state index contributed by atoms with van der Waals surface area (Å²) in [6, 6.07) is 0. The maximum Gasteiger partial charge on any atom is 0.326 e. The van der Waals surface area contributed by atoms with Crippen LogP contribution in [-0.4, -0.2) is 3.93 Å². The van der Waals surface area contributed by atoms with Gasteiger partial charge < -0.3 is 0 Å². The Hall–Kier alpha value is 1.06. The van der Waals surface area contributed by atoms with E-state index in [0.29, 0.717) is 0 Å². The van der Waals surface area contributed by atoms with E-state index in [0.717, 1.165) is 22.6 Å². The van der Waals surface area contributed by atoms with Crippen molar-refractivity contribution in [3.63, 3.8) is 0 Å². The van der Waals surface area contributed by atoms with Crippen molar-refractivity contribution in [1.82, 2.24) is 0 Å². The lowest BCUT2D eigenvalue weighted by Gasteiger charge is -2.02. The van der Waals surface area contributed by atoms with Crippen LogP contribution < -0.4 is 0 Å². The Morgan fingerprint density at radius 3 is 1.71 bits per heavy atom. The lowest BCUT2D eigenvalue weighted by Crippen LogP contribution is -2.01. The fourth-order valence-electron chi connectivity index (χ4n) is 0. The Bertz CT molecular complexity index is 83.4. The van der Waals surface area contributed by atoms with E-state index in [2.05, 4.69) is 6.58 Å². The van der Waals surface area contributed by atoms with Gasteiger partial charge in [-0.25, -0.2) is 0 Å². The van der Waals surface area contributed by atoms with Crippen LogP contribution in [0.2, 0.25) is 0 Å². The molecule has 0 rings (SSSR count). The molecule has 0 aliphatic heterocycles. The zero-order chi connectivity index (χ0) is 6.08. The zero-order valence-electron chi connectivity index (χ0n) is 3.22. The topological polar surface area (TPSA) is 0 Å². The zero-order valence-corrected chi connectivity index (χ0v) is 7.53. The largest absolute Gasteiger partial charge is 0.326 e. The van der Waals surface area contributed by atoms with Crippen LogP contribution in [0.15, 0.2) is 10.2 Å². The predicted molar refractivity (Wildman–Crippen MR) is 42.1 cm³/mol. The van der Waals surface area contributed by atoms with E-state index < -0.39 is 3.93 Å². The molecule has 0 bridgehead atoms. The second-order valence-corrected chi connectivity index (χ2v) is 3.56. The molecule has 0 aliphatic rings. The molecule has 7 heavy (non-hydrogen) atoms. The van der Waals surface area contributed by atoms with Crippen molar-refractivity contribution in [2.24, 2.45) is 0 Å². The van der Waals surface area contributed by atoms with Crippen molar-refractivity contribution in [2.75, 3.05) is 0 Å². The van der Waals surface area contributed by atoms with Gasteiger partial charge in [-0.2, -0.15) is 8.78 Å². The van der Waals surface area contributed by atoms with Crippen molar-refractivity contribution in [3.8, 4) is 0 Å². The normalized spacial score (nSPS) is 11.4. The highest BCUT2D eigenvalue weighted by Crippen LogP contribution is 2.33. The SMILES string of the molecule is C=C(I)C(F)(F)I. The third kappa shape index (κ3) is 3.63. The fraction of sp³-hybridized carbons (Fsp3) is 0.333. The van der Waals surface area contributed by atoms with E-state index in [1.165, 1.54) is 22.6 Å². The summed E-state index contributed by atoms with van der Waals surface area (Å²) < 4.78 is 20.6. The molecule has 0 aliphatic carbocycles. The number of allylic oxidation sites excluding steroid dienone is 1. The second kappa shape index (κ2) is 2.56. The first-order chi connectivity index (χ1) is 2.94.